The molecule has 0 spiro atoms. The van der Waals surface area contributed by atoms with Gasteiger partial charge in [0.05, 0.1) is 0 Å². The van der Waals surface area contributed by atoms with Crippen LogP contribution in [-0.4, -0.2) is 26.2 Å². The molecule has 0 aromatic rings. The maximum Gasteiger partial charge on any atom is -0.000511 e. The van der Waals surface area contributed by atoms with Crippen LogP contribution in [0.1, 0.15) is 26.7 Å². The molecule has 2 N–H and O–H groups in total. The van der Waals surface area contributed by atoms with E-state index in [4.69, 9.17) is 0 Å². The molecule has 2 saturated heterocycles. The Kier molecular flexibility index (Phi) is 4.62. The second-order valence-electron chi connectivity index (χ2n) is 3.52. The SMILES string of the molecule is C1CNCC(C2CNC2)C1.CC. The van der Waals surface area contributed by atoms with Crippen LogP contribution in [-0.2, 0) is 0 Å². The molecule has 0 saturated carbocycles. The van der Waals surface area contributed by atoms with Gasteiger partial charge in [0, 0.05) is 0 Å². The highest BCUT2D eigenvalue weighted by Gasteiger charge is 2.27. The van der Waals surface area contributed by atoms with Crippen LogP contribution in [0.15, 0.2) is 0 Å². The maximum absolute atomic E-state index is 3.46. The molecule has 2 fully saturated rings. The minimum atomic E-state index is 0.981. The smallest absolute Gasteiger partial charge is 0.000511 e. The molecule has 1 unspecified atom stereocenters. The van der Waals surface area contributed by atoms with Gasteiger partial charge >= 0.3 is 0 Å². The highest BCUT2D eigenvalue weighted by atomic mass is 15.0. The van der Waals surface area contributed by atoms with E-state index in [1.165, 1.54) is 39.0 Å². The van der Waals surface area contributed by atoms with Crippen LogP contribution >= 0.6 is 0 Å². The van der Waals surface area contributed by atoms with Gasteiger partial charge in [0.25, 0.3) is 0 Å². The molecule has 0 amide bonds. The van der Waals surface area contributed by atoms with E-state index in [0.29, 0.717) is 0 Å². The van der Waals surface area contributed by atoms with E-state index in [-0.39, 0.29) is 0 Å². The Morgan fingerprint density at radius 3 is 2.00 bits per heavy atom. The van der Waals surface area contributed by atoms with Gasteiger partial charge in [-0.05, 0) is 50.9 Å². The summed E-state index contributed by atoms with van der Waals surface area (Å²) in [6, 6.07) is 0. The van der Waals surface area contributed by atoms with Crippen molar-refractivity contribution in [1.82, 2.24) is 10.6 Å². The molecule has 1 atom stereocenters. The summed E-state index contributed by atoms with van der Waals surface area (Å²) < 4.78 is 0. The van der Waals surface area contributed by atoms with Crippen molar-refractivity contribution in [1.29, 1.82) is 0 Å². The Balaban J connectivity index is 0.000000336. The number of hydrogen-bond donors (Lipinski definition) is 2. The van der Waals surface area contributed by atoms with E-state index in [9.17, 15) is 0 Å². The van der Waals surface area contributed by atoms with E-state index in [2.05, 4.69) is 10.6 Å². The first-order valence-electron chi connectivity index (χ1n) is 5.38. The Bertz CT molecular complexity index is 104. The lowest BCUT2D eigenvalue weighted by atomic mass is 9.83. The molecule has 72 valence electrons. The fourth-order valence-corrected chi connectivity index (χ4v) is 1.93. The summed E-state index contributed by atoms with van der Waals surface area (Å²) in [7, 11) is 0. The normalized spacial score (nSPS) is 30.0. The molecule has 0 aliphatic carbocycles. The Morgan fingerprint density at radius 2 is 1.58 bits per heavy atom. The molecule has 2 heterocycles. The number of rotatable bonds is 1. The topological polar surface area (TPSA) is 24.1 Å². The maximum atomic E-state index is 3.46. The Morgan fingerprint density at radius 1 is 0.917 bits per heavy atom. The largest absolute Gasteiger partial charge is 0.316 e. The molecular weight excluding hydrogens is 148 g/mol. The predicted molar refractivity (Wildman–Crippen MR) is 53.3 cm³/mol. The van der Waals surface area contributed by atoms with Crippen molar-refractivity contribution in [2.24, 2.45) is 11.8 Å². The van der Waals surface area contributed by atoms with E-state index < -0.39 is 0 Å². The van der Waals surface area contributed by atoms with Crippen LogP contribution in [0.2, 0.25) is 0 Å². The highest BCUT2D eigenvalue weighted by molar-refractivity contribution is 4.84. The van der Waals surface area contributed by atoms with Gasteiger partial charge in [-0.15, -0.1) is 0 Å². The predicted octanol–water partition coefficient (Wildman–Crippen LogP) is 1.23. The average Bonchev–Trinajstić information content (AvgIpc) is 2.07. The third-order valence-corrected chi connectivity index (χ3v) is 2.81. The van der Waals surface area contributed by atoms with Crippen LogP contribution < -0.4 is 10.6 Å². The van der Waals surface area contributed by atoms with Gasteiger partial charge in [-0.25, -0.2) is 0 Å². The standard InChI is InChI=1S/C8H16N2.C2H6/c1-2-7(4-9-3-1)8-5-10-6-8;1-2/h7-10H,1-6H2;1-2H3. The van der Waals surface area contributed by atoms with E-state index in [1.807, 2.05) is 13.8 Å². The average molecular weight is 170 g/mol. The van der Waals surface area contributed by atoms with E-state index in [1.54, 1.807) is 0 Å². The quantitative estimate of drug-likeness (QED) is 0.618. The van der Waals surface area contributed by atoms with Gasteiger partial charge in [0.15, 0.2) is 0 Å². The van der Waals surface area contributed by atoms with E-state index >= 15 is 0 Å². The second kappa shape index (κ2) is 5.55. The molecule has 0 radical (unpaired) electrons. The molecule has 0 bridgehead atoms. The van der Waals surface area contributed by atoms with Gasteiger partial charge in [0.2, 0.25) is 0 Å². The minimum absolute atomic E-state index is 0.981. The van der Waals surface area contributed by atoms with Crippen molar-refractivity contribution in [2.45, 2.75) is 26.7 Å². The van der Waals surface area contributed by atoms with Gasteiger partial charge < -0.3 is 10.6 Å². The van der Waals surface area contributed by atoms with Crippen LogP contribution in [0, 0.1) is 11.8 Å². The summed E-state index contributed by atoms with van der Waals surface area (Å²) >= 11 is 0. The second-order valence-corrected chi connectivity index (χ2v) is 3.52. The monoisotopic (exact) mass is 170 g/mol. The molecule has 2 rings (SSSR count). The fraction of sp³-hybridized carbons (Fsp3) is 1.00. The summed E-state index contributed by atoms with van der Waals surface area (Å²) in [6.45, 7) is 9.06. The molecule has 2 aliphatic heterocycles. The Hall–Kier alpha value is -0.0800. The third kappa shape index (κ3) is 2.46. The first kappa shape index (κ1) is 10.0. The minimum Gasteiger partial charge on any atom is -0.316 e. The van der Waals surface area contributed by atoms with E-state index in [0.717, 1.165) is 11.8 Å². The van der Waals surface area contributed by atoms with Crippen molar-refractivity contribution in [2.75, 3.05) is 26.2 Å². The number of nitrogens with one attached hydrogen (secondary N) is 2. The van der Waals surface area contributed by atoms with Crippen LogP contribution in [0.25, 0.3) is 0 Å². The number of piperidine rings is 1. The van der Waals surface area contributed by atoms with Crippen molar-refractivity contribution in [3.63, 3.8) is 0 Å². The first-order chi connectivity index (χ1) is 5.97. The van der Waals surface area contributed by atoms with Crippen LogP contribution in [0.3, 0.4) is 0 Å². The van der Waals surface area contributed by atoms with Gasteiger partial charge in [-0.3, -0.25) is 0 Å². The molecule has 12 heavy (non-hydrogen) atoms. The summed E-state index contributed by atoms with van der Waals surface area (Å²) in [5.74, 6) is 1.97. The Labute approximate surface area is 76.1 Å². The lowest BCUT2D eigenvalue weighted by Crippen LogP contribution is -2.50. The van der Waals surface area contributed by atoms with Gasteiger partial charge in [-0.2, -0.15) is 0 Å². The molecule has 0 aromatic heterocycles. The third-order valence-electron chi connectivity index (χ3n) is 2.81. The summed E-state index contributed by atoms with van der Waals surface area (Å²) in [4.78, 5) is 0. The van der Waals surface area contributed by atoms with Crippen molar-refractivity contribution < 1.29 is 0 Å². The van der Waals surface area contributed by atoms with Crippen molar-refractivity contribution >= 4 is 0 Å². The lowest BCUT2D eigenvalue weighted by Gasteiger charge is -2.37. The van der Waals surface area contributed by atoms with Crippen LogP contribution in [0.4, 0.5) is 0 Å². The molecule has 2 aliphatic rings. The highest BCUT2D eigenvalue weighted by Crippen LogP contribution is 2.22. The molecule has 0 aromatic carbocycles. The summed E-state index contributed by atoms with van der Waals surface area (Å²) in [5, 5.41) is 6.79. The zero-order chi connectivity index (χ0) is 8.81. The zero-order valence-corrected chi connectivity index (χ0v) is 8.40. The first-order valence-corrected chi connectivity index (χ1v) is 5.38. The zero-order valence-electron chi connectivity index (χ0n) is 8.40. The van der Waals surface area contributed by atoms with Crippen molar-refractivity contribution in [3.05, 3.63) is 0 Å². The number of hydrogen-bond acceptors (Lipinski definition) is 2. The summed E-state index contributed by atoms with van der Waals surface area (Å²) in [6.07, 6.45) is 2.85. The molecular formula is C10H22N2. The lowest BCUT2D eigenvalue weighted by molar-refractivity contribution is 0.195. The van der Waals surface area contributed by atoms with Gasteiger partial charge in [0.1, 0.15) is 0 Å². The molecule has 2 heteroatoms. The fourth-order valence-electron chi connectivity index (χ4n) is 1.93. The molecule has 2 nitrogen and oxygen atoms in total. The van der Waals surface area contributed by atoms with Crippen molar-refractivity contribution in [3.8, 4) is 0 Å². The van der Waals surface area contributed by atoms with Gasteiger partial charge in [-0.1, -0.05) is 13.8 Å². The summed E-state index contributed by atoms with van der Waals surface area (Å²) in [5.41, 5.74) is 0. The van der Waals surface area contributed by atoms with Crippen LogP contribution in [0.5, 0.6) is 0 Å².